The van der Waals surface area contributed by atoms with Gasteiger partial charge in [-0.15, -0.1) is 0 Å². The summed E-state index contributed by atoms with van der Waals surface area (Å²) in [4.78, 5) is 20.1. The van der Waals surface area contributed by atoms with Crippen molar-refractivity contribution in [3.05, 3.63) is 24.3 Å². The highest BCUT2D eigenvalue weighted by molar-refractivity contribution is 5.76. The van der Waals surface area contributed by atoms with E-state index in [0.717, 1.165) is 70.2 Å². The summed E-state index contributed by atoms with van der Waals surface area (Å²) in [6.45, 7) is 6.18. The van der Waals surface area contributed by atoms with Gasteiger partial charge in [0.15, 0.2) is 0 Å². The van der Waals surface area contributed by atoms with Crippen molar-refractivity contribution in [2.45, 2.75) is 63.8 Å². The van der Waals surface area contributed by atoms with Gasteiger partial charge in [-0.05, 0) is 49.4 Å². The number of hydrogen-bond donors (Lipinski definition) is 0. The molecule has 1 aromatic rings. The van der Waals surface area contributed by atoms with Crippen LogP contribution in [0.3, 0.4) is 0 Å². The SMILES string of the molecule is COc1ccc(N2CCN(C3CCCN(C(=O)CCC4CCCCC4)C3)CC2)cc1. The summed E-state index contributed by atoms with van der Waals surface area (Å²) < 4.78 is 5.27. The average Bonchev–Trinajstić information content (AvgIpc) is 2.83. The molecule has 1 aliphatic carbocycles. The minimum atomic E-state index is 0.405. The van der Waals surface area contributed by atoms with Gasteiger partial charge in [0.2, 0.25) is 5.91 Å². The molecule has 0 aromatic heterocycles. The fourth-order valence-corrected chi connectivity index (χ4v) is 5.58. The molecule has 2 aliphatic heterocycles. The lowest BCUT2D eigenvalue weighted by atomic mass is 9.86. The molecule has 166 valence electrons. The van der Waals surface area contributed by atoms with Crippen LogP contribution >= 0.6 is 0 Å². The third-order valence-electron chi connectivity index (χ3n) is 7.51. The zero-order valence-corrected chi connectivity index (χ0v) is 18.7. The maximum Gasteiger partial charge on any atom is 0.222 e. The number of nitrogens with zero attached hydrogens (tertiary/aromatic N) is 3. The monoisotopic (exact) mass is 413 g/mol. The maximum absolute atomic E-state index is 12.8. The fraction of sp³-hybridized carbons (Fsp3) is 0.720. The van der Waals surface area contributed by atoms with Crippen LogP contribution < -0.4 is 9.64 Å². The van der Waals surface area contributed by atoms with Crippen LogP contribution in [0.1, 0.15) is 57.8 Å². The zero-order valence-electron chi connectivity index (χ0n) is 18.7. The number of carbonyl (C=O) groups excluding carboxylic acids is 1. The number of amides is 1. The molecular weight excluding hydrogens is 374 g/mol. The Kier molecular flexibility index (Phi) is 7.53. The highest BCUT2D eigenvalue weighted by Gasteiger charge is 2.30. The second-order valence-electron chi connectivity index (χ2n) is 9.40. The highest BCUT2D eigenvalue weighted by atomic mass is 16.5. The molecule has 1 aromatic carbocycles. The van der Waals surface area contributed by atoms with Gasteiger partial charge < -0.3 is 14.5 Å². The quantitative estimate of drug-likeness (QED) is 0.701. The van der Waals surface area contributed by atoms with Crippen molar-refractivity contribution in [1.82, 2.24) is 9.80 Å². The van der Waals surface area contributed by atoms with Crippen LogP contribution in [-0.4, -0.2) is 68.1 Å². The van der Waals surface area contributed by atoms with Crippen molar-refractivity contribution in [3.8, 4) is 5.75 Å². The Labute approximate surface area is 182 Å². The summed E-state index contributed by atoms with van der Waals surface area (Å²) in [5.41, 5.74) is 1.28. The van der Waals surface area contributed by atoms with E-state index >= 15 is 0 Å². The maximum atomic E-state index is 12.8. The zero-order chi connectivity index (χ0) is 20.8. The van der Waals surface area contributed by atoms with Crippen molar-refractivity contribution in [2.75, 3.05) is 51.3 Å². The molecule has 30 heavy (non-hydrogen) atoms. The van der Waals surface area contributed by atoms with Crippen molar-refractivity contribution in [3.63, 3.8) is 0 Å². The van der Waals surface area contributed by atoms with Crippen molar-refractivity contribution in [1.29, 1.82) is 0 Å². The van der Waals surface area contributed by atoms with Crippen LogP contribution in [-0.2, 0) is 4.79 Å². The third-order valence-corrected chi connectivity index (χ3v) is 7.51. The second kappa shape index (κ2) is 10.5. The Hall–Kier alpha value is -1.75. The topological polar surface area (TPSA) is 36.0 Å². The number of piperidine rings is 1. The molecule has 2 saturated heterocycles. The molecule has 2 heterocycles. The summed E-state index contributed by atoms with van der Waals surface area (Å²) in [7, 11) is 1.71. The third kappa shape index (κ3) is 5.48. The smallest absolute Gasteiger partial charge is 0.222 e. The van der Waals surface area contributed by atoms with Crippen LogP contribution in [0, 0.1) is 5.92 Å². The van der Waals surface area contributed by atoms with Gasteiger partial charge in [0.25, 0.3) is 0 Å². The summed E-state index contributed by atoms with van der Waals surface area (Å²) in [6.07, 6.45) is 11.1. The van der Waals surface area contributed by atoms with Crippen LogP contribution in [0.25, 0.3) is 0 Å². The molecule has 3 fully saturated rings. The van der Waals surface area contributed by atoms with Gasteiger partial charge in [-0.2, -0.15) is 0 Å². The van der Waals surface area contributed by atoms with E-state index in [2.05, 4.69) is 26.8 Å². The van der Waals surface area contributed by atoms with Gasteiger partial charge in [-0.25, -0.2) is 0 Å². The van der Waals surface area contributed by atoms with Gasteiger partial charge in [-0.1, -0.05) is 32.1 Å². The number of anilines is 1. The minimum absolute atomic E-state index is 0.405. The fourth-order valence-electron chi connectivity index (χ4n) is 5.58. The minimum Gasteiger partial charge on any atom is -0.497 e. The Balaban J connectivity index is 1.23. The Morgan fingerprint density at radius 1 is 0.933 bits per heavy atom. The van der Waals surface area contributed by atoms with Crippen LogP contribution in [0.5, 0.6) is 5.75 Å². The molecule has 0 N–H and O–H groups in total. The number of rotatable bonds is 6. The number of hydrogen-bond acceptors (Lipinski definition) is 4. The molecule has 0 bridgehead atoms. The first-order chi connectivity index (χ1) is 14.7. The largest absolute Gasteiger partial charge is 0.497 e. The molecule has 5 heteroatoms. The molecule has 1 unspecified atom stereocenters. The molecular formula is C25H39N3O2. The number of methoxy groups -OCH3 is 1. The number of piperazine rings is 1. The van der Waals surface area contributed by atoms with E-state index in [-0.39, 0.29) is 0 Å². The lowest BCUT2D eigenvalue weighted by Crippen LogP contribution is -2.55. The van der Waals surface area contributed by atoms with Crippen LogP contribution in [0.4, 0.5) is 5.69 Å². The lowest BCUT2D eigenvalue weighted by molar-refractivity contribution is -0.133. The van der Waals surface area contributed by atoms with Crippen molar-refractivity contribution < 1.29 is 9.53 Å². The first-order valence-electron chi connectivity index (χ1n) is 12.1. The molecule has 4 rings (SSSR count). The number of benzene rings is 1. The predicted octanol–water partition coefficient (Wildman–Crippen LogP) is 4.17. The molecule has 0 spiro atoms. The first kappa shape index (κ1) is 21.5. The van der Waals surface area contributed by atoms with E-state index in [0.29, 0.717) is 11.9 Å². The van der Waals surface area contributed by atoms with Crippen LogP contribution in [0.15, 0.2) is 24.3 Å². The van der Waals surface area contributed by atoms with E-state index in [9.17, 15) is 4.79 Å². The normalized spacial score (nSPS) is 24.1. The van der Waals surface area contributed by atoms with Crippen LogP contribution in [0.2, 0.25) is 0 Å². The summed E-state index contributed by atoms with van der Waals surface area (Å²) in [5.74, 6) is 2.12. The van der Waals surface area contributed by atoms with Gasteiger partial charge in [-0.3, -0.25) is 9.69 Å². The Morgan fingerprint density at radius 3 is 2.37 bits per heavy atom. The van der Waals surface area contributed by atoms with E-state index < -0.39 is 0 Å². The number of carbonyl (C=O) groups is 1. The Bertz CT molecular complexity index is 663. The van der Waals surface area contributed by atoms with Crippen molar-refractivity contribution >= 4 is 11.6 Å². The van der Waals surface area contributed by atoms with E-state index in [1.807, 2.05) is 12.1 Å². The van der Waals surface area contributed by atoms with Gasteiger partial charge >= 0.3 is 0 Å². The van der Waals surface area contributed by atoms with Gasteiger partial charge in [0.05, 0.1) is 7.11 Å². The lowest BCUT2D eigenvalue weighted by Gasteiger charge is -2.44. The molecule has 0 radical (unpaired) electrons. The predicted molar refractivity (Wildman–Crippen MR) is 122 cm³/mol. The summed E-state index contributed by atoms with van der Waals surface area (Å²) in [6, 6.07) is 8.93. The van der Waals surface area contributed by atoms with Gasteiger partial charge in [0.1, 0.15) is 5.75 Å². The van der Waals surface area contributed by atoms with Gasteiger partial charge in [0, 0.05) is 57.4 Å². The molecule has 1 atom stereocenters. The molecule has 1 amide bonds. The number of likely N-dealkylation sites (tertiary alicyclic amines) is 1. The molecule has 5 nitrogen and oxygen atoms in total. The highest BCUT2D eigenvalue weighted by Crippen LogP contribution is 2.28. The molecule has 1 saturated carbocycles. The van der Waals surface area contributed by atoms with E-state index in [1.54, 1.807) is 7.11 Å². The average molecular weight is 414 g/mol. The second-order valence-corrected chi connectivity index (χ2v) is 9.40. The van der Waals surface area contributed by atoms with E-state index in [1.165, 1.54) is 44.2 Å². The Morgan fingerprint density at radius 2 is 1.67 bits per heavy atom. The standard InChI is InChI=1S/C25H39N3O2/c1-30-24-12-10-22(11-13-24)26-16-18-27(19-17-26)23-8-5-15-28(20-23)25(29)14-9-21-6-3-2-4-7-21/h10-13,21,23H,2-9,14-20H2,1H3. The van der Waals surface area contributed by atoms with E-state index in [4.69, 9.17) is 4.74 Å². The number of ether oxygens (including phenoxy) is 1. The summed E-state index contributed by atoms with van der Waals surface area (Å²) >= 11 is 0. The van der Waals surface area contributed by atoms with Crippen molar-refractivity contribution in [2.24, 2.45) is 5.92 Å². The first-order valence-corrected chi connectivity index (χ1v) is 12.1. The molecule has 3 aliphatic rings. The summed E-state index contributed by atoms with van der Waals surface area (Å²) in [5, 5.41) is 0.